The standard InChI is InChI=1S/C22H30N6O2/c1-15(2)13-26-9-11-27(12-10-26)21-23-19-18(20(29)24-22(30)25(19)4)28(21)14-17-7-5-16(3)6-8-17/h5-8,18-19H,1,9-14H2,2-4H3,(H,24,29,30). The lowest BCUT2D eigenvalue weighted by atomic mass is 10.1. The van der Waals surface area contributed by atoms with Crippen molar-refractivity contribution in [3.8, 4) is 0 Å². The van der Waals surface area contributed by atoms with E-state index in [0.29, 0.717) is 6.54 Å². The highest BCUT2D eigenvalue weighted by Gasteiger charge is 2.49. The molecule has 4 rings (SSSR count). The molecule has 0 aromatic heterocycles. The van der Waals surface area contributed by atoms with Gasteiger partial charge in [-0.1, -0.05) is 42.0 Å². The summed E-state index contributed by atoms with van der Waals surface area (Å²) >= 11 is 0. The number of nitrogens with one attached hydrogen (secondary N) is 1. The molecule has 1 N–H and O–H groups in total. The van der Waals surface area contributed by atoms with Crippen molar-refractivity contribution >= 4 is 17.9 Å². The number of piperazine rings is 1. The Labute approximate surface area is 177 Å². The number of hydrogen-bond acceptors (Lipinski definition) is 6. The first-order chi connectivity index (χ1) is 14.3. The number of urea groups is 1. The molecule has 30 heavy (non-hydrogen) atoms. The molecule has 3 aliphatic heterocycles. The second-order valence-corrected chi connectivity index (χ2v) is 8.53. The summed E-state index contributed by atoms with van der Waals surface area (Å²) in [6.45, 7) is 13.1. The molecule has 3 amide bonds. The summed E-state index contributed by atoms with van der Waals surface area (Å²) in [5.74, 6) is 0.520. The quantitative estimate of drug-likeness (QED) is 0.757. The van der Waals surface area contributed by atoms with E-state index in [-0.39, 0.29) is 5.91 Å². The van der Waals surface area contributed by atoms with Gasteiger partial charge in [0.05, 0.1) is 0 Å². The van der Waals surface area contributed by atoms with Crippen LogP contribution in [-0.2, 0) is 11.3 Å². The van der Waals surface area contributed by atoms with Gasteiger partial charge in [-0.15, -0.1) is 0 Å². The van der Waals surface area contributed by atoms with Gasteiger partial charge in [-0.05, 0) is 19.4 Å². The van der Waals surface area contributed by atoms with Crippen LogP contribution in [0.2, 0.25) is 0 Å². The molecule has 160 valence electrons. The predicted molar refractivity (Wildman–Crippen MR) is 116 cm³/mol. The molecule has 0 spiro atoms. The molecule has 8 nitrogen and oxygen atoms in total. The Morgan fingerprint density at radius 2 is 1.83 bits per heavy atom. The molecule has 0 bridgehead atoms. The zero-order chi connectivity index (χ0) is 21.4. The SMILES string of the molecule is C=C(C)CN1CCN(C2=NC3C(C(=O)NC(=O)N3C)N2Cc2ccc(C)cc2)CC1. The molecular formula is C22H30N6O2. The minimum atomic E-state index is -0.516. The van der Waals surface area contributed by atoms with Crippen LogP contribution in [0.4, 0.5) is 4.79 Å². The number of hydrogen-bond donors (Lipinski definition) is 1. The van der Waals surface area contributed by atoms with Gasteiger partial charge in [-0.3, -0.25) is 15.0 Å². The fourth-order valence-corrected chi connectivity index (χ4v) is 4.32. The Bertz CT molecular complexity index is 872. The second kappa shape index (κ2) is 8.10. The third kappa shape index (κ3) is 3.92. The number of guanidine groups is 1. The van der Waals surface area contributed by atoms with E-state index >= 15 is 0 Å². The highest BCUT2D eigenvalue weighted by Crippen LogP contribution is 2.27. The minimum absolute atomic E-state index is 0.283. The van der Waals surface area contributed by atoms with Gasteiger partial charge in [0.2, 0.25) is 0 Å². The zero-order valence-corrected chi connectivity index (χ0v) is 18.0. The van der Waals surface area contributed by atoms with Crippen LogP contribution in [0, 0.1) is 6.92 Å². The summed E-state index contributed by atoms with van der Waals surface area (Å²) in [4.78, 5) is 38.0. The third-order valence-electron chi connectivity index (χ3n) is 5.96. The fraction of sp³-hybridized carbons (Fsp3) is 0.500. The Kier molecular flexibility index (Phi) is 5.51. The number of carbonyl (C=O) groups is 2. The van der Waals surface area contributed by atoms with Crippen LogP contribution < -0.4 is 5.32 Å². The maximum absolute atomic E-state index is 12.8. The topological polar surface area (TPSA) is 71.5 Å². The number of fused-ring (bicyclic) bond motifs is 1. The van der Waals surface area contributed by atoms with Crippen LogP contribution in [0.3, 0.4) is 0 Å². The second-order valence-electron chi connectivity index (χ2n) is 8.53. The van der Waals surface area contributed by atoms with E-state index in [2.05, 4.69) is 57.8 Å². The predicted octanol–water partition coefficient (Wildman–Crippen LogP) is 1.24. The number of imide groups is 1. The summed E-state index contributed by atoms with van der Waals surface area (Å²) in [5.41, 5.74) is 3.47. The van der Waals surface area contributed by atoms with Gasteiger partial charge in [0.25, 0.3) is 5.91 Å². The summed E-state index contributed by atoms with van der Waals surface area (Å²) in [5, 5.41) is 2.47. The van der Waals surface area contributed by atoms with E-state index in [1.165, 1.54) is 10.5 Å². The lowest BCUT2D eigenvalue weighted by Crippen LogP contribution is -2.64. The summed E-state index contributed by atoms with van der Waals surface area (Å²) in [6.07, 6.45) is -0.500. The Morgan fingerprint density at radius 3 is 2.47 bits per heavy atom. The van der Waals surface area contributed by atoms with Gasteiger partial charge in [-0.2, -0.15) is 0 Å². The number of rotatable bonds is 4. The first-order valence-corrected chi connectivity index (χ1v) is 10.4. The first kappa shape index (κ1) is 20.4. The molecule has 8 heteroatoms. The highest BCUT2D eigenvalue weighted by molar-refractivity contribution is 6.03. The molecule has 1 aromatic rings. The van der Waals surface area contributed by atoms with Crippen molar-refractivity contribution in [2.45, 2.75) is 32.6 Å². The Balaban J connectivity index is 1.58. The largest absolute Gasteiger partial charge is 0.340 e. The zero-order valence-electron chi connectivity index (χ0n) is 18.0. The van der Waals surface area contributed by atoms with Crippen molar-refractivity contribution in [3.05, 3.63) is 47.5 Å². The number of nitrogens with zero attached hydrogens (tertiary/aromatic N) is 5. The van der Waals surface area contributed by atoms with Gasteiger partial charge in [0.1, 0.15) is 0 Å². The van der Waals surface area contributed by atoms with Crippen molar-refractivity contribution in [1.29, 1.82) is 0 Å². The van der Waals surface area contributed by atoms with E-state index in [1.54, 1.807) is 7.05 Å². The van der Waals surface area contributed by atoms with E-state index in [9.17, 15) is 9.59 Å². The normalized spacial score (nSPS) is 24.6. The number of benzene rings is 1. The minimum Gasteiger partial charge on any atom is -0.340 e. The maximum Gasteiger partial charge on any atom is 0.325 e. The maximum atomic E-state index is 12.8. The molecule has 2 unspecified atom stereocenters. The molecule has 3 aliphatic rings. The van der Waals surface area contributed by atoms with Crippen molar-refractivity contribution in [3.63, 3.8) is 0 Å². The van der Waals surface area contributed by atoms with Crippen LogP contribution in [0.1, 0.15) is 18.1 Å². The monoisotopic (exact) mass is 410 g/mol. The average Bonchev–Trinajstić information content (AvgIpc) is 3.08. The van der Waals surface area contributed by atoms with Gasteiger partial charge in [0, 0.05) is 46.3 Å². The third-order valence-corrected chi connectivity index (χ3v) is 5.96. The van der Waals surface area contributed by atoms with Gasteiger partial charge in [-0.25, -0.2) is 9.79 Å². The number of amides is 3. The Hall–Kier alpha value is -2.87. The van der Waals surface area contributed by atoms with Crippen LogP contribution >= 0.6 is 0 Å². The van der Waals surface area contributed by atoms with Crippen molar-refractivity contribution in [2.75, 3.05) is 39.8 Å². The van der Waals surface area contributed by atoms with E-state index in [1.807, 2.05) is 6.92 Å². The highest BCUT2D eigenvalue weighted by atomic mass is 16.2. The number of aliphatic imine (C=N–C) groups is 1. The van der Waals surface area contributed by atoms with Crippen molar-refractivity contribution < 1.29 is 9.59 Å². The smallest absolute Gasteiger partial charge is 0.325 e. The van der Waals surface area contributed by atoms with Gasteiger partial charge < -0.3 is 14.7 Å². The summed E-state index contributed by atoms with van der Waals surface area (Å²) in [7, 11) is 1.70. The van der Waals surface area contributed by atoms with Crippen LogP contribution in [0.5, 0.6) is 0 Å². The van der Waals surface area contributed by atoms with Crippen molar-refractivity contribution in [1.82, 2.24) is 24.9 Å². The molecule has 2 fully saturated rings. The fourth-order valence-electron chi connectivity index (χ4n) is 4.32. The van der Waals surface area contributed by atoms with Gasteiger partial charge >= 0.3 is 6.03 Å². The Morgan fingerprint density at radius 1 is 1.17 bits per heavy atom. The first-order valence-electron chi connectivity index (χ1n) is 10.4. The molecule has 0 radical (unpaired) electrons. The summed E-state index contributed by atoms with van der Waals surface area (Å²) in [6, 6.07) is 7.41. The molecular weight excluding hydrogens is 380 g/mol. The molecule has 0 aliphatic carbocycles. The van der Waals surface area contributed by atoms with Gasteiger partial charge in [0.15, 0.2) is 18.2 Å². The van der Waals surface area contributed by atoms with Crippen LogP contribution in [-0.4, -0.2) is 89.5 Å². The lowest BCUT2D eigenvalue weighted by molar-refractivity contribution is -0.127. The van der Waals surface area contributed by atoms with E-state index in [4.69, 9.17) is 4.99 Å². The molecule has 0 saturated carbocycles. The molecule has 1 aromatic carbocycles. The summed E-state index contributed by atoms with van der Waals surface area (Å²) < 4.78 is 0. The number of likely N-dealkylation sites (N-methyl/N-ethyl adjacent to an activating group) is 1. The average molecular weight is 411 g/mol. The molecule has 2 atom stereocenters. The number of aryl methyl sites for hydroxylation is 1. The van der Waals surface area contributed by atoms with E-state index in [0.717, 1.165) is 49.8 Å². The molecule has 2 saturated heterocycles. The number of carbonyl (C=O) groups excluding carboxylic acids is 2. The van der Waals surface area contributed by atoms with Crippen molar-refractivity contribution in [2.24, 2.45) is 4.99 Å². The van der Waals surface area contributed by atoms with Crippen LogP contribution in [0.15, 0.2) is 41.4 Å². The molecule has 3 heterocycles. The van der Waals surface area contributed by atoms with E-state index < -0.39 is 18.2 Å². The lowest BCUT2D eigenvalue weighted by Gasteiger charge is -2.40. The van der Waals surface area contributed by atoms with Crippen LogP contribution in [0.25, 0.3) is 0 Å².